The van der Waals surface area contributed by atoms with E-state index in [1.54, 1.807) is 38.4 Å². The van der Waals surface area contributed by atoms with E-state index in [-0.39, 0.29) is 22.2 Å². The van der Waals surface area contributed by atoms with E-state index in [0.717, 1.165) is 16.7 Å². The minimum Gasteiger partial charge on any atom is -0.339 e. The molecule has 0 fully saturated rings. The Morgan fingerprint density at radius 3 is 2.43 bits per heavy atom. The van der Waals surface area contributed by atoms with Crippen LogP contribution in [0.25, 0.3) is 0 Å². The molecule has 0 aromatic heterocycles. The van der Waals surface area contributed by atoms with Crippen LogP contribution < -0.4 is 10.0 Å². The van der Waals surface area contributed by atoms with E-state index in [1.807, 2.05) is 0 Å². The van der Waals surface area contributed by atoms with Gasteiger partial charge in [0.15, 0.2) is 0 Å². The summed E-state index contributed by atoms with van der Waals surface area (Å²) >= 11 is 1.08. The highest BCUT2D eigenvalue weighted by Gasteiger charge is 2.15. The van der Waals surface area contributed by atoms with Gasteiger partial charge in [-0.25, -0.2) is 13.1 Å². The van der Waals surface area contributed by atoms with Crippen molar-refractivity contribution in [3.05, 3.63) is 66.7 Å². The summed E-state index contributed by atoms with van der Waals surface area (Å²) in [6, 6.07) is 12.6. The van der Waals surface area contributed by atoms with Crippen LogP contribution in [0, 0.1) is 0 Å². The first kappa shape index (κ1) is 21.7. The third-order valence-corrected chi connectivity index (χ3v) is 5.98. The third-order valence-electron chi connectivity index (χ3n) is 3.51. The van der Waals surface area contributed by atoms with Crippen LogP contribution in [0.15, 0.2) is 71.0 Å². The van der Waals surface area contributed by atoms with E-state index in [2.05, 4.69) is 16.6 Å². The standard InChI is InChI=1S/C19H21N3O4S2/c1-4-12-20-28(25,26)17-7-5-6-14(13-17)18(23)21-15-8-10-16(11-9-15)27-19(24)22(2)3/h4-11,13,20H,1,12H2,2-3H3,(H,21,23). The van der Waals surface area contributed by atoms with Gasteiger partial charge >= 0.3 is 0 Å². The van der Waals surface area contributed by atoms with Gasteiger partial charge in [0, 0.05) is 36.8 Å². The van der Waals surface area contributed by atoms with Gasteiger partial charge in [0.05, 0.1) is 4.90 Å². The lowest BCUT2D eigenvalue weighted by molar-refractivity contribution is 0.102. The van der Waals surface area contributed by atoms with Crippen molar-refractivity contribution in [2.24, 2.45) is 0 Å². The molecule has 7 nitrogen and oxygen atoms in total. The highest BCUT2D eigenvalue weighted by Crippen LogP contribution is 2.23. The highest BCUT2D eigenvalue weighted by atomic mass is 32.2. The molecule has 2 rings (SSSR count). The molecule has 0 aliphatic carbocycles. The van der Waals surface area contributed by atoms with Crippen LogP contribution >= 0.6 is 11.8 Å². The SMILES string of the molecule is C=CCNS(=O)(=O)c1cccc(C(=O)Nc2ccc(SC(=O)N(C)C)cc2)c1. The van der Waals surface area contributed by atoms with E-state index in [4.69, 9.17) is 0 Å². The fraction of sp³-hybridized carbons (Fsp3) is 0.158. The van der Waals surface area contributed by atoms with Crippen molar-refractivity contribution in [1.29, 1.82) is 0 Å². The van der Waals surface area contributed by atoms with Crippen molar-refractivity contribution in [3.8, 4) is 0 Å². The maximum atomic E-state index is 12.5. The maximum Gasteiger partial charge on any atom is 0.285 e. The molecule has 28 heavy (non-hydrogen) atoms. The van der Waals surface area contributed by atoms with Crippen LogP contribution in [-0.4, -0.2) is 45.1 Å². The Hall–Kier alpha value is -2.62. The average Bonchev–Trinajstić information content (AvgIpc) is 2.68. The molecule has 0 aliphatic heterocycles. The van der Waals surface area contributed by atoms with Gasteiger partial charge in [0.2, 0.25) is 10.0 Å². The van der Waals surface area contributed by atoms with Crippen molar-refractivity contribution in [2.75, 3.05) is 26.0 Å². The molecule has 0 radical (unpaired) electrons. The lowest BCUT2D eigenvalue weighted by Crippen LogP contribution is -2.24. The van der Waals surface area contributed by atoms with E-state index in [1.165, 1.54) is 35.2 Å². The Balaban J connectivity index is 2.10. The van der Waals surface area contributed by atoms with Gasteiger partial charge in [-0.2, -0.15) is 0 Å². The monoisotopic (exact) mass is 419 g/mol. The quantitative estimate of drug-likeness (QED) is 0.531. The second-order valence-corrected chi connectivity index (χ2v) is 8.70. The number of thioether (sulfide) groups is 1. The molecule has 0 unspecified atom stereocenters. The second-order valence-electron chi connectivity index (χ2n) is 5.91. The zero-order valence-corrected chi connectivity index (χ0v) is 17.1. The number of nitrogens with zero attached hydrogens (tertiary/aromatic N) is 1. The van der Waals surface area contributed by atoms with Crippen LogP contribution in [-0.2, 0) is 10.0 Å². The number of rotatable bonds is 7. The molecule has 148 valence electrons. The zero-order valence-electron chi connectivity index (χ0n) is 15.5. The van der Waals surface area contributed by atoms with Gasteiger partial charge in [-0.3, -0.25) is 9.59 Å². The zero-order chi connectivity index (χ0) is 20.7. The van der Waals surface area contributed by atoms with Crippen molar-refractivity contribution in [3.63, 3.8) is 0 Å². The molecule has 2 aromatic rings. The van der Waals surface area contributed by atoms with Gasteiger partial charge in [0.1, 0.15) is 0 Å². The lowest BCUT2D eigenvalue weighted by Gasteiger charge is -2.10. The van der Waals surface area contributed by atoms with Gasteiger partial charge < -0.3 is 10.2 Å². The van der Waals surface area contributed by atoms with Gasteiger partial charge in [-0.15, -0.1) is 6.58 Å². The Bertz CT molecular complexity index is 971. The number of carbonyl (C=O) groups is 2. The molecule has 0 bridgehead atoms. The minimum absolute atomic E-state index is 0.00375. The number of sulfonamides is 1. The molecular weight excluding hydrogens is 398 g/mol. The number of amides is 2. The van der Waals surface area contributed by atoms with E-state index < -0.39 is 15.9 Å². The summed E-state index contributed by atoms with van der Waals surface area (Å²) in [6.07, 6.45) is 1.43. The van der Waals surface area contributed by atoms with E-state index >= 15 is 0 Å². The Morgan fingerprint density at radius 2 is 1.82 bits per heavy atom. The van der Waals surface area contributed by atoms with Crippen LogP contribution in [0.5, 0.6) is 0 Å². The predicted octanol–water partition coefficient (Wildman–Crippen LogP) is 3.18. The fourth-order valence-electron chi connectivity index (χ4n) is 2.06. The maximum absolute atomic E-state index is 12.5. The molecule has 0 spiro atoms. The molecule has 0 aliphatic rings. The summed E-state index contributed by atoms with van der Waals surface area (Å²) in [7, 11) is -0.372. The number of hydrogen-bond donors (Lipinski definition) is 2. The van der Waals surface area contributed by atoms with Crippen molar-refractivity contribution < 1.29 is 18.0 Å². The summed E-state index contributed by atoms with van der Waals surface area (Å²) in [5.41, 5.74) is 0.743. The molecular formula is C19H21N3O4S2. The molecule has 0 heterocycles. The predicted molar refractivity (Wildman–Crippen MR) is 111 cm³/mol. The van der Waals surface area contributed by atoms with Crippen LogP contribution in [0.4, 0.5) is 10.5 Å². The molecule has 9 heteroatoms. The van der Waals surface area contributed by atoms with E-state index in [9.17, 15) is 18.0 Å². The van der Waals surface area contributed by atoms with E-state index in [0.29, 0.717) is 5.69 Å². The number of carbonyl (C=O) groups excluding carboxylic acids is 2. The number of hydrogen-bond acceptors (Lipinski definition) is 5. The summed E-state index contributed by atoms with van der Waals surface area (Å²) in [6.45, 7) is 3.56. The van der Waals surface area contributed by atoms with Gasteiger partial charge in [-0.1, -0.05) is 12.1 Å². The summed E-state index contributed by atoms with van der Waals surface area (Å²) in [5, 5.41) is 2.61. The lowest BCUT2D eigenvalue weighted by atomic mass is 10.2. The smallest absolute Gasteiger partial charge is 0.285 e. The molecule has 0 saturated heterocycles. The first-order valence-corrected chi connectivity index (χ1v) is 10.5. The van der Waals surface area contributed by atoms with Crippen molar-refractivity contribution in [2.45, 2.75) is 9.79 Å². The van der Waals surface area contributed by atoms with Crippen LogP contribution in [0.1, 0.15) is 10.4 Å². The number of anilines is 1. The fourth-order valence-corrected chi connectivity index (χ4v) is 3.76. The van der Waals surface area contributed by atoms with Crippen LogP contribution in [0.2, 0.25) is 0 Å². The summed E-state index contributed by atoms with van der Waals surface area (Å²) < 4.78 is 26.7. The van der Waals surface area contributed by atoms with Gasteiger partial charge in [-0.05, 0) is 54.2 Å². The topological polar surface area (TPSA) is 95.6 Å². The summed E-state index contributed by atoms with van der Waals surface area (Å²) in [4.78, 5) is 26.4. The number of benzene rings is 2. The highest BCUT2D eigenvalue weighted by molar-refractivity contribution is 8.13. The van der Waals surface area contributed by atoms with Crippen LogP contribution in [0.3, 0.4) is 0 Å². The van der Waals surface area contributed by atoms with Gasteiger partial charge in [0.25, 0.3) is 11.1 Å². The third kappa shape index (κ3) is 5.95. The Kier molecular flexibility index (Phi) is 7.38. The molecule has 2 aromatic carbocycles. The molecule has 0 atom stereocenters. The first-order valence-electron chi connectivity index (χ1n) is 8.24. The first-order chi connectivity index (χ1) is 13.2. The molecule has 0 saturated carbocycles. The summed E-state index contributed by atoms with van der Waals surface area (Å²) in [5.74, 6) is -0.439. The minimum atomic E-state index is -3.72. The molecule has 2 N–H and O–H groups in total. The number of nitrogens with one attached hydrogen (secondary N) is 2. The average molecular weight is 420 g/mol. The Labute approximate surface area is 168 Å². The Morgan fingerprint density at radius 1 is 1.14 bits per heavy atom. The normalized spacial score (nSPS) is 10.9. The van der Waals surface area contributed by atoms with Crippen molar-refractivity contribution >= 4 is 38.6 Å². The molecule has 2 amide bonds. The van der Waals surface area contributed by atoms with Crippen molar-refractivity contribution in [1.82, 2.24) is 9.62 Å². The second kappa shape index (κ2) is 9.54. The largest absolute Gasteiger partial charge is 0.339 e.